The smallest absolute Gasteiger partial charge is 0.249 e. The predicted octanol–water partition coefficient (Wildman–Crippen LogP) is 3.87. The highest BCUT2D eigenvalue weighted by molar-refractivity contribution is 5.83. The Hall–Kier alpha value is -3.54. The van der Waals surface area contributed by atoms with Gasteiger partial charge < -0.3 is 4.74 Å². The van der Waals surface area contributed by atoms with E-state index in [4.69, 9.17) is 4.74 Å². The highest BCUT2D eigenvalue weighted by atomic mass is 16.5. The van der Waals surface area contributed by atoms with Crippen LogP contribution in [0.1, 0.15) is 31.1 Å². The summed E-state index contributed by atoms with van der Waals surface area (Å²) < 4.78 is 6.83. The number of pyridine rings is 1. The van der Waals surface area contributed by atoms with Crippen LogP contribution in [-0.4, -0.2) is 28.1 Å². The third-order valence-corrected chi connectivity index (χ3v) is 4.31. The third kappa shape index (κ3) is 4.40. The summed E-state index contributed by atoms with van der Waals surface area (Å²) in [5, 5.41) is 4.46. The summed E-state index contributed by atoms with van der Waals surface area (Å²) in [6.45, 7) is 3.85. The van der Waals surface area contributed by atoms with E-state index in [9.17, 15) is 4.79 Å². The Morgan fingerprint density at radius 3 is 2.68 bits per heavy atom. The van der Waals surface area contributed by atoms with Crippen LogP contribution in [0.3, 0.4) is 0 Å². The minimum Gasteiger partial charge on any atom is -0.491 e. The van der Waals surface area contributed by atoms with Gasteiger partial charge in [0.15, 0.2) is 5.75 Å². The molecule has 142 valence electrons. The molecule has 0 saturated carbocycles. The maximum Gasteiger partial charge on any atom is 0.249 e. The molecule has 0 aliphatic heterocycles. The fourth-order valence-electron chi connectivity index (χ4n) is 2.67. The van der Waals surface area contributed by atoms with Crippen molar-refractivity contribution in [2.75, 3.05) is 7.11 Å². The molecule has 0 N–H and O–H groups in total. The molecular formula is C22H22N4O2. The molecule has 3 rings (SSSR count). The van der Waals surface area contributed by atoms with Gasteiger partial charge in [0.05, 0.1) is 31.2 Å². The number of nitrogens with zero attached hydrogens (tertiary/aromatic N) is 4. The second kappa shape index (κ2) is 8.90. The van der Waals surface area contributed by atoms with Crippen LogP contribution in [0, 0.1) is 0 Å². The number of methoxy groups -OCH3 is 1. The van der Waals surface area contributed by atoms with E-state index in [-0.39, 0.29) is 17.2 Å². The summed E-state index contributed by atoms with van der Waals surface area (Å²) in [4.78, 5) is 21.3. The van der Waals surface area contributed by atoms with E-state index in [1.807, 2.05) is 56.3 Å². The Morgan fingerprint density at radius 1 is 1.21 bits per heavy atom. The van der Waals surface area contributed by atoms with Gasteiger partial charge in [-0.15, -0.1) is 0 Å². The maximum atomic E-state index is 12.6. The number of benzene rings is 1. The summed E-state index contributed by atoms with van der Waals surface area (Å²) in [6.07, 6.45) is 8.41. The first-order chi connectivity index (χ1) is 13.6. The maximum absolute atomic E-state index is 12.6. The quantitative estimate of drug-likeness (QED) is 0.614. The highest BCUT2D eigenvalue weighted by Crippen LogP contribution is 2.16. The average Bonchev–Trinajstić information content (AvgIpc) is 2.75. The Bertz CT molecular complexity index is 1040. The molecule has 0 aliphatic carbocycles. The summed E-state index contributed by atoms with van der Waals surface area (Å²) in [5.74, 6) is 0.219. The van der Waals surface area contributed by atoms with Gasteiger partial charge in [-0.3, -0.25) is 14.8 Å². The molecule has 0 saturated heterocycles. The number of allylic oxidation sites excluding steroid dienone is 2. The Kier molecular flexibility index (Phi) is 6.11. The Balaban J connectivity index is 1.92. The standard InChI is InChI=1S/C22H22N4O2/c1-16(11-13-24-17(2)18-8-5-4-6-9-18)21-22(27)20(28-3)15-26(25-21)19-10-7-12-23-14-19/h4-15,17H,1-3H3. The van der Waals surface area contributed by atoms with E-state index in [0.717, 1.165) is 11.3 Å². The van der Waals surface area contributed by atoms with E-state index >= 15 is 0 Å². The van der Waals surface area contributed by atoms with Crippen molar-refractivity contribution in [3.05, 3.63) is 88.6 Å². The number of hydrogen-bond donors (Lipinski definition) is 0. The Labute approximate surface area is 163 Å². The second-order valence-corrected chi connectivity index (χ2v) is 6.27. The van der Waals surface area contributed by atoms with Crippen molar-refractivity contribution in [2.24, 2.45) is 4.99 Å². The Morgan fingerprint density at radius 2 is 2.00 bits per heavy atom. The van der Waals surface area contributed by atoms with Gasteiger partial charge in [0.1, 0.15) is 5.69 Å². The largest absolute Gasteiger partial charge is 0.491 e. The van der Waals surface area contributed by atoms with Crippen LogP contribution in [0.5, 0.6) is 5.75 Å². The van der Waals surface area contributed by atoms with Gasteiger partial charge in [0.2, 0.25) is 5.43 Å². The van der Waals surface area contributed by atoms with Gasteiger partial charge >= 0.3 is 0 Å². The first-order valence-corrected chi connectivity index (χ1v) is 8.94. The fraction of sp³-hybridized carbons (Fsp3) is 0.182. The molecule has 3 aromatic rings. The van der Waals surface area contributed by atoms with Crippen molar-refractivity contribution in [3.8, 4) is 11.4 Å². The zero-order valence-electron chi connectivity index (χ0n) is 16.1. The molecule has 28 heavy (non-hydrogen) atoms. The second-order valence-electron chi connectivity index (χ2n) is 6.27. The molecule has 0 fully saturated rings. The minimum atomic E-state index is -0.263. The third-order valence-electron chi connectivity index (χ3n) is 4.31. The normalized spacial score (nSPS) is 12.9. The van der Waals surface area contributed by atoms with E-state index in [2.05, 4.69) is 15.1 Å². The number of aromatic nitrogens is 3. The van der Waals surface area contributed by atoms with Crippen LogP contribution in [0.25, 0.3) is 11.3 Å². The monoisotopic (exact) mass is 374 g/mol. The first-order valence-electron chi connectivity index (χ1n) is 8.94. The lowest BCUT2D eigenvalue weighted by Gasteiger charge is -2.10. The molecule has 2 aromatic heterocycles. The zero-order valence-corrected chi connectivity index (χ0v) is 16.1. The van der Waals surface area contributed by atoms with Gasteiger partial charge in [-0.05, 0) is 43.2 Å². The molecular weight excluding hydrogens is 352 g/mol. The molecule has 0 amide bonds. The fourth-order valence-corrected chi connectivity index (χ4v) is 2.67. The zero-order chi connectivity index (χ0) is 19.9. The molecule has 1 unspecified atom stereocenters. The van der Waals surface area contributed by atoms with E-state index < -0.39 is 0 Å². The molecule has 0 bridgehead atoms. The molecule has 0 spiro atoms. The van der Waals surface area contributed by atoms with Crippen molar-refractivity contribution in [3.63, 3.8) is 0 Å². The molecule has 1 aromatic carbocycles. The number of aliphatic imine (C=N–C) groups is 1. The van der Waals surface area contributed by atoms with Crippen LogP contribution in [0.15, 0.2) is 76.9 Å². The number of rotatable bonds is 6. The van der Waals surface area contributed by atoms with Gasteiger partial charge in [0.25, 0.3) is 0 Å². The van der Waals surface area contributed by atoms with Crippen LogP contribution in [0.4, 0.5) is 0 Å². The van der Waals surface area contributed by atoms with Crippen molar-refractivity contribution in [2.45, 2.75) is 19.9 Å². The lowest BCUT2D eigenvalue weighted by molar-refractivity contribution is 0.404. The molecule has 0 aliphatic rings. The number of ether oxygens (including phenoxy) is 1. The summed E-state index contributed by atoms with van der Waals surface area (Å²) in [7, 11) is 1.47. The molecule has 0 radical (unpaired) electrons. The van der Waals surface area contributed by atoms with E-state index in [1.165, 1.54) is 7.11 Å². The summed E-state index contributed by atoms with van der Waals surface area (Å²) in [6, 6.07) is 13.7. The number of hydrogen-bond acceptors (Lipinski definition) is 5. The van der Waals surface area contributed by atoms with Crippen molar-refractivity contribution in [1.29, 1.82) is 0 Å². The minimum absolute atomic E-state index is 0.0237. The van der Waals surface area contributed by atoms with Crippen LogP contribution < -0.4 is 10.2 Å². The van der Waals surface area contributed by atoms with E-state index in [0.29, 0.717) is 11.3 Å². The van der Waals surface area contributed by atoms with E-state index in [1.54, 1.807) is 35.6 Å². The van der Waals surface area contributed by atoms with Gasteiger partial charge in [0, 0.05) is 12.4 Å². The van der Waals surface area contributed by atoms with Gasteiger partial charge in [-0.25, -0.2) is 4.68 Å². The van der Waals surface area contributed by atoms with Crippen LogP contribution >= 0.6 is 0 Å². The van der Waals surface area contributed by atoms with Crippen molar-refractivity contribution >= 4 is 11.8 Å². The topological polar surface area (TPSA) is 69.4 Å². The van der Waals surface area contributed by atoms with Crippen LogP contribution in [-0.2, 0) is 0 Å². The SMILES string of the molecule is COc1cn(-c2cccnc2)nc(C(C)=CC=NC(C)c2ccccc2)c1=O. The first kappa shape index (κ1) is 19.2. The lowest BCUT2D eigenvalue weighted by Crippen LogP contribution is -2.18. The lowest BCUT2D eigenvalue weighted by atomic mass is 10.1. The molecule has 6 nitrogen and oxygen atoms in total. The van der Waals surface area contributed by atoms with Gasteiger partial charge in [-0.1, -0.05) is 30.3 Å². The molecule has 6 heteroatoms. The van der Waals surface area contributed by atoms with Crippen LogP contribution in [0.2, 0.25) is 0 Å². The predicted molar refractivity (Wildman–Crippen MR) is 111 cm³/mol. The highest BCUT2D eigenvalue weighted by Gasteiger charge is 2.12. The molecule has 1 atom stereocenters. The van der Waals surface area contributed by atoms with Gasteiger partial charge in [-0.2, -0.15) is 5.10 Å². The summed E-state index contributed by atoms with van der Waals surface area (Å²) >= 11 is 0. The van der Waals surface area contributed by atoms with Crippen molar-refractivity contribution in [1.82, 2.24) is 14.8 Å². The average molecular weight is 374 g/mol. The molecule has 2 heterocycles. The summed E-state index contributed by atoms with van der Waals surface area (Å²) in [5.41, 5.74) is 2.61. The van der Waals surface area contributed by atoms with Crippen molar-refractivity contribution < 1.29 is 4.74 Å².